The molecule has 5 nitrogen and oxygen atoms in total. The lowest BCUT2D eigenvalue weighted by Gasteiger charge is -2.15. The van der Waals surface area contributed by atoms with Crippen LogP contribution in [-0.2, 0) is 19.1 Å². The molecule has 0 saturated heterocycles. The van der Waals surface area contributed by atoms with Crippen LogP contribution in [-0.4, -0.2) is 36.4 Å². The van der Waals surface area contributed by atoms with E-state index >= 15 is 0 Å². The van der Waals surface area contributed by atoms with E-state index in [0.29, 0.717) is 12.8 Å². The van der Waals surface area contributed by atoms with Crippen LogP contribution in [0.3, 0.4) is 0 Å². The van der Waals surface area contributed by atoms with Gasteiger partial charge in [0.15, 0.2) is 6.10 Å². The van der Waals surface area contributed by atoms with Gasteiger partial charge in [-0.05, 0) is 38.5 Å². The van der Waals surface area contributed by atoms with Crippen molar-refractivity contribution in [1.82, 2.24) is 0 Å². The van der Waals surface area contributed by atoms with E-state index in [1.165, 1.54) is 116 Å². The quantitative estimate of drug-likeness (QED) is 0.0440. The summed E-state index contributed by atoms with van der Waals surface area (Å²) < 4.78 is 10.6. The standard InChI is InChI=1S/C39H72O5/c1-3-5-7-9-11-13-15-17-19-20-22-23-25-27-29-31-33-38(41)43-36-37(35-40)44-39(42)34-32-30-28-26-24-21-18-16-14-12-10-8-6-4-2/h10,12,16,18,37,40H,3-9,11,13-15,17,19-36H2,1-2H3/b12-10+,18-16+/t37-/m0/s1. The Hall–Kier alpha value is -1.62. The number of esters is 2. The summed E-state index contributed by atoms with van der Waals surface area (Å²) in [5, 5.41) is 9.53. The summed E-state index contributed by atoms with van der Waals surface area (Å²) in [5.41, 5.74) is 0. The third-order valence-corrected chi connectivity index (χ3v) is 8.25. The first kappa shape index (κ1) is 42.4. The first-order chi connectivity index (χ1) is 21.6. The van der Waals surface area contributed by atoms with Crippen LogP contribution in [0.2, 0.25) is 0 Å². The molecule has 0 heterocycles. The highest BCUT2D eigenvalue weighted by Crippen LogP contribution is 2.14. The molecule has 0 aliphatic carbocycles. The Balaban J connectivity index is 3.55. The zero-order chi connectivity index (χ0) is 32.2. The zero-order valence-corrected chi connectivity index (χ0v) is 29.2. The molecule has 0 aromatic rings. The maximum atomic E-state index is 12.1. The molecule has 0 unspecified atom stereocenters. The van der Waals surface area contributed by atoms with Gasteiger partial charge in [-0.25, -0.2) is 0 Å². The van der Waals surface area contributed by atoms with Gasteiger partial charge < -0.3 is 14.6 Å². The van der Waals surface area contributed by atoms with Gasteiger partial charge in [-0.2, -0.15) is 0 Å². The predicted molar refractivity (Wildman–Crippen MR) is 187 cm³/mol. The molecule has 0 bridgehead atoms. The zero-order valence-electron chi connectivity index (χ0n) is 29.2. The van der Waals surface area contributed by atoms with Gasteiger partial charge in [-0.3, -0.25) is 9.59 Å². The Morgan fingerprint density at radius 3 is 1.41 bits per heavy atom. The molecular weight excluding hydrogens is 548 g/mol. The average molecular weight is 621 g/mol. The minimum Gasteiger partial charge on any atom is -0.462 e. The number of rotatable bonds is 34. The molecule has 5 heteroatoms. The average Bonchev–Trinajstić information content (AvgIpc) is 3.02. The predicted octanol–water partition coefficient (Wildman–Crippen LogP) is 11.5. The van der Waals surface area contributed by atoms with Crippen LogP contribution in [0.5, 0.6) is 0 Å². The van der Waals surface area contributed by atoms with Gasteiger partial charge in [0.25, 0.3) is 0 Å². The van der Waals surface area contributed by atoms with Gasteiger partial charge in [-0.15, -0.1) is 0 Å². The molecule has 0 aromatic carbocycles. The van der Waals surface area contributed by atoms with Crippen molar-refractivity contribution >= 4 is 11.9 Å². The van der Waals surface area contributed by atoms with E-state index in [9.17, 15) is 14.7 Å². The molecule has 0 spiro atoms. The topological polar surface area (TPSA) is 72.8 Å². The van der Waals surface area contributed by atoms with Gasteiger partial charge in [0.1, 0.15) is 6.61 Å². The number of hydrogen-bond donors (Lipinski definition) is 1. The fraction of sp³-hybridized carbons (Fsp3) is 0.846. The van der Waals surface area contributed by atoms with Crippen molar-refractivity contribution in [2.24, 2.45) is 0 Å². The van der Waals surface area contributed by atoms with Crippen LogP contribution in [0.15, 0.2) is 24.3 Å². The fourth-order valence-electron chi connectivity index (χ4n) is 5.33. The Bertz CT molecular complexity index is 671. The summed E-state index contributed by atoms with van der Waals surface area (Å²) in [5.74, 6) is -0.601. The van der Waals surface area contributed by atoms with Crippen LogP contribution < -0.4 is 0 Å². The van der Waals surface area contributed by atoms with E-state index in [4.69, 9.17) is 9.47 Å². The summed E-state index contributed by atoms with van der Waals surface area (Å²) >= 11 is 0. The largest absolute Gasteiger partial charge is 0.462 e. The maximum Gasteiger partial charge on any atom is 0.306 e. The van der Waals surface area contributed by atoms with E-state index in [0.717, 1.165) is 51.4 Å². The first-order valence-electron chi connectivity index (χ1n) is 18.9. The SMILES string of the molecule is CCCC/C=C/C/C=C/CCCCCCCC(=O)O[C@@H](CO)COC(=O)CCCCCCCCCCCCCCCCCC. The number of allylic oxidation sites excluding steroid dienone is 4. The highest BCUT2D eigenvalue weighted by molar-refractivity contribution is 5.70. The van der Waals surface area contributed by atoms with Crippen molar-refractivity contribution in [3.05, 3.63) is 24.3 Å². The minimum absolute atomic E-state index is 0.0675. The lowest BCUT2D eigenvalue weighted by molar-refractivity contribution is -0.161. The van der Waals surface area contributed by atoms with Gasteiger partial charge in [0.2, 0.25) is 0 Å². The second-order valence-corrected chi connectivity index (χ2v) is 12.7. The van der Waals surface area contributed by atoms with Crippen molar-refractivity contribution in [3.63, 3.8) is 0 Å². The number of unbranched alkanes of at least 4 members (excludes halogenated alkanes) is 22. The number of aliphatic hydroxyl groups excluding tert-OH is 1. The fourth-order valence-corrected chi connectivity index (χ4v) is 5.33. The molecule has 258 valence electrons. The van der Waals surface area contributed by atoms with Crippen LogP contribution in [0.4, 0.5) is 0 Å². The van der Waals surface area contributed by atoms with Crippen molar-refractivity contribution in [3.8, 4) is 0 Å². The third-order valence-electron chi connectivity index (χ3n) is 8.25. The number of carbonyl (C=O) groups is 2. The molecule has 0 radical (unpaired) electrons. The third kappa shape index (κ3) is 33.3. The van der Waals surface area contributed by atoms with Gasteiger partial charge >= 0.3 is 11.9 Å². The second kappa shape index (κ2) is 35.9. The molecule has 44 heavy (non-hydrogen) atoms. The van der Waals surface area contributed by atoms with Crippen molar-refractivity contribution < 1.29 is 24.2 Å². The maximum absolute atomic E-state index is 12.1. The normalized spacial score (nSPS) is 12.3. The molecule has 0 fully saturated rings. The molecular formula is C39H72O5. The summed E-state index contributed by atoms with van der Waals surface area (Å²) in [7, 11) is 0. The smallest absolute Gasteiger partial charge is 0.306 e. The molecule has 0 aliphatic rings. The van der Waals surface area contributed by atoms with Gasteiger partial charge in [0, 0.05) is 12.8 Å². The molecule has 1 atom stereocenters. The highest BCUT2D eigenvalue weighted by atomic mass is 16.6. The van der Waals surface area contributed by atoms with Crippen LogP contribution in [0.25, 0.3) is 0 Å². The Morgan fingerprint density at radius 2 is 0.932 bits per heavy atom. The number of hydrogen-bond acceptors (Lipinski definition) is 5. The van der Waals surface area contributed by atoms with E-state index in [-0.39, 0.29) is 25.2 Å². The van der Waals surface area contributed by atoms with Crippen LogP contribution >= 0.6 is 0 Å². The van der Waals surface area contributed by atoms with E-state index in [1.807, 2.05) is 0 Å². The van der Waals surface area contributed by atoms with Crippen LogP contribution in [0, 0.1) is 0 Å². The molecule has 0 saturated carbocycles. The minimum atomic E-state index is -0.773. The number of carbonyl (C=O) groups excluding carboxylic acids is 2. The summed E-state index contributed by atoms with van der Waals surface area (Å²) in [4.78, 5) is 24.2. The van der Waals surface area contributed by atoms with Crippen molar-refractivity contribution in [2.45, 2.75) is 200 Å². The molecule has 0 aliphatic heterocycles. The Kier molecular flexibility index (Phi) is 34.5. The summed E-state index contributed by atoms with van der Waals surface area (Å²) in [6.07, 6.45) is 40.9. The van der Waals surface area contributed by atoms with Crippen molar-refractivity contribution in [1.29, 1.82) is 0 Å². The highest BCUT2D eigenvalue weighted by Gasteiger charge is 2.16. The van der Waals surface area contributed by atoms with Gasteiger partial charge in [0.05, 0.1) is 6.61 Å². The second-order valence-electron chi connectivity index (χ2n) is 12.7. The summed E-state index contributed by atoms with van der Waals surface area (Å²) in [6, 6.07) is 0. The lowest BCUT2D eigenvalue weighted by Crippen LogP contribution is -2.28. The molecule has 0 aromatic heterocycles. The lowest BCUT2D eigenvalue weighted by atomic mass is 10.0. The van der Waals surface area contributed by atoms with E-state index < -0.39 is 6.10 Å². The number of aliphatic hydroxyl groups is 1. The molecule has 0 amide bonds. The van der Waals surface area contributed by atoms with Crippen LogP contribution in [0.1, 0.15) is 194 Å². The monoisotopic (exact) mass is 621 g/mol. The van der Waals surface area contributed by atoms with Crippen molar-refractivity contribution in [2.75, 3.05) is 13.2 Å². The Morgan fingerprint density at radius 1 is 0.523 bits per heavy atom. The Labute approximate surface area is 273 Å². The first-order valence-corrected chi connectivity index (χ1v) is 18.9. The summed E-state index contributed by atoms with van der Waals surface area (Å²) in [6.45, 7) is 4.09. The molecule has 1 N–H and O–H groups in total. The number of ether oxygens (including phenoxy) is 2. The molecule has 0 rings (SSSR count). The van der Waals surface area contributed by atoms with E-state index in [2.05, 4.69) is 38.2 Å². The van der Waals surface area contributed by atoms with E-state index in [1.54, 1.807) is 0 Å². The van der Waals surface area contributed by atoms with Gasteiger partial charge in [-0.1, -0.05) is 167 Å².